The molecule has 0 unspecified atom stereocenters. The normalized spacial score (nSPS) is 10.7. The lowest BCUT2D eigenvalue weighted by atomic mass is 11.6. The molecule has 0 fully saturated rings. The minimum absolute atomic E-state index is 0.634. The van der Waals surface area contributed by atoms with Gasteiger partial charge in [0.1, 0.15) is 0 Å². The molecule has 6 heavy (non-hydrogen) atoms. The van der Waals surface area contributed by atoms with E-state index in [1.807, 2.05) is 0 Å². The average Bonchev–Trinajstić information content (AvgIpc) is 1.35. The molecule has 0 aromatic rings. The molecule has 2 heteroatoms. The Morgan fingerprint density at radius 3 is 1.50 bits per heavy atom. The van der Waals surface area contributed by atoms with Gasteiger partial charge in [0.25, 0.3) is 0 Å². The van der Waals surface area contributed by atoms with Gasteiger partial charge in [-0.2, -0.15) is 9.44 Å². The first kappa shape index (κ1) is 6.09. The summed E-state index contributed by atoms with van der Waals surface area (Å²) in [6.45, 7) is 0. The van der Waals surface area contributed by atoms with E-state index < -0.39 is 9.44 Å². The topological polar surface area (TPSA) is 26.0 Å². The van der Waals surface area contributed by atoms with Crippen LogP contribution in [-0.2, 0) is 0 Å². The summed E-state index contributed by atoms with van der Waals surface area (Å²) in [6, 6.07) is 0. The van der Waals surface area contributed by atoms with Gasteiger partial charge in [0.05, 0.1) is 0 Å². The Bertz CT molecular complexity index is 115. The van der Waals surface area contributed by atoms with E-state index in [2.05, 4.69) is 24.1 Å². The van der Waals surface area contributed by atoms with Gasteiger partial charge in [-0.3, -0.25) is 5.73 Å². The van der Waals surface area contributed by atoms with Crippen molar-refractivity contribution in [3.8, 4) is 5.31 Å². The Hall–Kier alpha value is 0.0900. The van der Waals surface area contributed by atoms with Crippen molar-refractivity contribution < 1.29 is 0 Å². The van der Waals surface area contributed by atoms with E-state index in [4.69, 9.17) is 5.73 Å². The highest BCUT2D eigenvalue weighted by Gasteiger charge is 1.76. The van der Waals surface area contributed by atoms with Crippen LogP contribution in [-0.4, -0.2) is 18.8 Å². The van der Waals surface area contributed by atoms with E-state index in [1.165, 1.54) is 0 Å². The molecule has 0 saturated carbocycles. The summed E-state index contributed by atoms with van der Waals surface area (Å²) in [4.78, 5) is 0. The molecule has 0 aromatic heterocycles. The second-order valence-electron chi connectivity index (χ2n) is 1.95. The third-order valence-corrected chi connectivity index (χ3v) is 1.06. The highest BCUT2D eigenvalue weighted by molar-refractivity contribution is 8.22. The van der Waals surface area contributed by atoms with Crippen molar-refractivity contribution in [2.45, 2.75) is 0 Å². The molecule has 0 aliphatic rings. The van der Waals surface area contributed by atoms with E-state index in [9.17, 15) is 0 Å². The van der Waals surface area contributed by atoms with Gasteiger partial charge < -0.3 is 0 Å². The predicted octanol–water partition coefficient (Wildman–Crippen LogP) is 0.556. The van der Waals surface area contributed by atoms with E-state index in [1.54, 1.807) is 0 Å². The van der Waals surface area contributed by atoms with Crippen molar-refractivity contribution >= 4 is 9.44 Å². The van der Waals surface area contributed by atoms with Gasteiger partial charge in [-0.15, -0.1) is 0 Å². The molecule has 0 aliphatic heterocycles. The summed E-state index contributed by atoms with van der Waals surface area (Å²) in [5.41, 5.74) is 5.09. The molecule has 0 heterocycles. The van der Waals surface area contributed by atoms with Crippen LogP contribution in [0.4, 0.5) is 0 Å². The molecule has 1 nitrogen and oxygen atoms in total. The van der Waals surface area contributed by atoms with Crippen LogP contribution in [0, 0.1) is 5.31 Å². The number of hydrogen-bond donors (Lipinski definition) is 1. The lowest BCUT2D eigenvalue weighted by Gasteiger charge is -1.97. The van der Waals surface area contributed by atoms with E-state index in [0.717, 1.165) is 0 Å². The maximum atomic E-state index is 5.09. The molecule has 0 saturated heterocycles. The Balaban J connectivity index is 4.07. The molecule has 0 amide bonds. The van der Waals surface area contributed by atoms with Crippen LogP contribution in [0.3, 0.4) is 0 Å². The smallest absolute Gasteiger partial charge is 0.0243 e. The molecule has 38 valence electrons. The van der Waals surface area contributed by atoms with Crippen molar-refractivity contribution in [2.24, 2.45) is 5.73 Å². The van der Waals surface area contributed by atoms with Crippen molar-refractivity contribution in [2.75, 3.05) is 18.8 Å². The van der Waals surface area contributed by atoms with Crippen molar-refractivity contribution in [3.05, 3.63) is 0 Å². The zero-order valence-corrected chi connectivity index (χ0v) is 5.30. The third kappa shape index (κ3) is 4.09. The molecular weight excluding hydrogens is 94.1 g/mol. The second kappa shape index (κ2) is 1.69. The van der Waals surface area contributed by atoms with Crippen molar-refractivity contribution in [1.82, 2.24) is 0 Å². The fraction of sp³-hybridized carbons (Fsp3) is 0.750. The highest BCUT2D eigenvalue weighted by atomic mass is 32.2. The van der Waals surface area contributed by atoms with Crippen LogP contribution in [0.15, 0.2) is 0 Å². The fourth-order valence-electron chi connectivity index (χ4n) is 0. The Kier molecular flexibility index (Phi) is 1.72. The van der Waals surface area contributed by atoms with Crippen LogP contribution in [0.25, 0.3) is 0 Å². The van der Waals surface area contributed by atoms with E-state index in [0.29, 0.717) is 0 Å². The Labute approximate surface area is 40.1 Å². The Morgan fingerprint density at radius 2 is 1.50 bits per heavy atom. The van der Waals surface area contributed by atoms with Crippen LogP contribution in [0.5, 0.6) is 0 Å². The lowest BCUT2D eigenvalue weighted by Crippen LogP contribution is -1.81. The van der Waals surface area contributed by atoms with Crippen LogP contribution in [0.1, 0.15) is 0 Å². The first-order chi connectivity index (χ1) is 2.56. The number of hydrogen-bond acceptors (Lipinski definition) is 1. The van der Waals surface area contributed by atoms with Gasteiger partial charge in [-0.1, -0.05) is 5.31 Å². The first-order valence-electron chi connectivity index (χ1n) is 1.72. The van der Waals surface area contributed by atoms with Gasteiger partial charge in [0.2, 0.25) is 0 Å². The van der Waals surface area contributed by atoms with Crippen LogP contribution in [0.2, 0.25) is 0 Å². The summed E-state index contributed by atoms with van der Waals surface area (Å²) in [6.07, 6.45) is 6.27. The molecule has 2 N–H and O–H groups in total. The zero-order chi connectivity index (χ0) is 5.21. The van der Waals surface area contributed by atoms with Crippen LogP contribution >= 0.6 is 9.44 Å². The second-order valence-corrected chi connectivity index (χ2v) is 5.86. The molecule has 0 bridgehead atoms. The largest absolute Gasteiger partial charge is 0.265 e. The molecule has 0 aliphatic carbocycles. The molecule has 0 rings (SSSR count). The first-order valence-corrected chi connectivity index (χ1v) is 4.58. The zero-order valence-electron chi connectivity index (χ0n) is 4.49. The molecular formula is C4H11NS. The van der Waals surface area contributed by atoms with E-state index >= 15 is 0 Å². The van der Waals surface area contributed by atoms with E-state index in [-0.39, 0.29) is 0 Å². The fourth-order valence-corrected chi connectivity index (χ4v) is 0. The van der Waals surface area contributed by atoms with Gasteiger partial charge >= 0.3 is 0 Å². The standard InChI is InChI=1S/C4H11NS/c1-6(2,3)4-5/h5H2,1-3H3. The monoisotopic (exact) mass is 105 g/mol. The quantitative estimate of drug-likeness (QED) is 0.447. The molecule has 0 atom stereocenters. The molecule has 0 spiro atoms. The summed E-state index contributed by atoms with van der Waals surface area (Å²) < 4.78 is 0. The number of rotatable bonds is 0. The van der Waals surface area contributed by atoms with Gasteiger partial charge in [0.15, 0.2) is 0 Å². The average molecular weight is 105 g/mol. The number of nitrogens with two attached hydrogens (primary N) is 1. The van der Waals surface area contributed by atoms with Gasteiger partial charge in [-0.25, -0.2) is 0 Å². The lowest BCUT2D eigenvalue weighted by molar-refractivity contribution is 1.76. The van der Waals surface area contributed by atoms with Gasteiger partial charge in [-0.05, 0) is 18.8 Å². The SMILES string of the molecule is CS(C)(C)#CN. The summed E-state index contributed by atoms with van der Waals surface area (Å²) in [5, 5.41) is 2.69. The molecule has 0 aromatic carbocycles. The summed E-state index contributed by atoms with van der Waals surface area (Å²) in [5.74, 6) is 0. The van der Waals surface area contributed by atoms with Crippen LogP contribution < -0.4 is 5.73 Å². The van der Waals surface area contributed by atoms with Crippen molar-refractivity contribution in [3.63, 3.8) is 0 Å². The maximum absolute atomic E-state index is 5.09. The predicted molar refractivity (Wildman–Crippen MR) is 33.4 cm³/mol. The summed E-state index contributed by atoms with van der Waals surface area (Å²) >= 11 is 0. The minimum Gasteiger partial charge on any atom is -0.265 e. The molecule has 0 radical (unpaired) electrons. The third-order valence-electron chi connectivity index (χ3n) is 0.354. The highest BCUT2D eigenvalue weighted by Crippen LogP contribution is 2.12. The maximum Gasteiger partial charge on any atom is -0.0243 e. The minimum atomic E-state index is -0.634. The Morgan fingerprint density at radius 1 is 1.33 bits per heavy atom. The van der Waals surface area contributed by atoms with Gasteiger partial charge in [0, 0.05) is 0 Å². The summed E-state index contributed by atoms with van der Waals surface area (Å²) in [7, 11) is -0.634. The van der Waals surface area contributed by atoms with Crippen molar-refractivity contribution in [1.29, 1.82) is 0 Å².